The lowest BCUT2D eigenvalue weighted by molar-refractivity contribution is -0.137. The van der Waals surface area contributed by atoms with Gasteiger partial charge < -0.3 is 9.88 Å². The van der Waals surface area contributed by atoms with Crippen molar-refractivity contribution in [1.82, 2.24) is 14.9 Å². The van der Waals surface area contributed by atoms with E-state index in [1.165, 1.54) is 12.1 Å². The van der Waals surface area contributed by atoms with E-state index in [0.717, 1.165) is 12.1 Å². The number of aryl methyl sites for hydroxylation is 1. The number of halogens is 4. The van der Waals surface area contributed by atoms with Crippen LogP contribution < -0.4 is 5.32 Å². The summed E-state index contributed by atoms with van der Waals surface area (Å²) in [5.41, 5.74) is -0.262. The lowest BCUT2D eigenvalue weighted by atomic mass is 10.0. The number of amides is 1. The van der Waals surface area contributed by atoms with Crippen LogP contribution in [0.5, 0.6) is 0 Å². The van der Waals surface area contributed by atoms with E-state index in [1.54, 1.807) is 48.3 Å². The van der Waals surface area contributed by atoms with E-state index in [2.05, 4.69) is 10.3 Å². The molecule has 0 spiro atoms. The Morgan fingerprint density at radius 1 is 1.19 bits per heavy atom. The summed E-state index contributed by atoms with van der Waals surface area (Å²) in [5, 5.41) is 3.29. The summed E-state index contributed by atoms with van der Waals surface area (Å²) in [6.07, 6.45) is -1.23. The van der Waals surface area contributed by atoms with Crippen molar-refractivity contribution < 1.29 is 18.0 Å². The molecule has 4 nitrogen and oxygen atoms in total. The summed E-state index contributed by atoms with van der Waals surface area (Å²) in [6.45, 7) is 0. The van der Waals surface area contributed by atoms with Gasteiger partial charge >= 0.3 is 6.18 Å². The van der Waals surface area contributed by atoms with Crippen LogP contribution in [0.1, 0.15) is 33.4 Å². The highest BCUT2D eigenvalue weighted by atomic mass is 35.5. The third-order valence-electron chi connectivity index (χ3n) is 4.05. The maximum absolute atomic E-state index is 12.9. The zero-order valence-corrected chi connectivity index (χ0v) is 14.9. The van der Waals surface area contributed by atoms with Crippen molar-refractivity contribution >= 4 is 17.5 Å². The third kappa shape index (κ3) is 4.31. The molecular weight excluding hydrogens is 379 g/mol. The number of alkyl halides is 3. The van der Waals surface area contributed by atoms with Gasteiger partial charge in [0, 0.05) is 30.0 Å². The first-order chi connectivity index (χ1) is 12.8. The lowest BCUT2D eigenvalue weighted by Crippen LogP contribution is -2.31. The predicted octanol–water partition coefficient (Wildman–Crippen LogP) is 4.61. The molecule has 0 aliphatic rings. The van der Waals surface area contributed by atoms with Gasteiger partial charge in [-0.1, -0.05) is 29.8 Å². The summed E-state index contributed by atoms with van der Waals surface area (Å²) in [7, 11) is 1.77. The molecule has 0 aliphatic heterocycles. The van der Waals surface area contributed by atoms with Crippen molar-refractivity contribution in [2.75, 3.05) is 0 Å². The summed E-state index contributed by atoms with van der Waals surface area (Å²) >= 11 is 5.92. The van der Waals surface area contributed by atoms with E-state index >= 15 is 0 Å². The Bertz CT molecular complexity index is 951. The number of carbonyl (C=O) groups excluding carboxylic acids is 1. The topological polar surface area (TPSA) is 46.9 Å². The van der Waals surface area contributed by atoms with Gasteiger partial charge in [0.05, 0.1) is 5.56 Å². The van der Waals surface area contributed by atoms with Crippen molar-refractivity contribution in [3.63, 3.8) is 0 Å². The maximum Gasteiger partial charge on any atom is 0.416 e. The average molecular weight is 394 g/mol. The standard InChI is InChI=1S/C19H15ClF3N3O/c1-26-10-9-24-17(26)16(12-5-7-15(20)8-6-12)25-18(27)13-3-2-4-14(11-13)19(21,22)23/h2-11,16H,1H3,(H,25,27). The van der Waals surface area contributed by atoms with E-state index in [0.29, 0.717) is 16.4 Å². The summed E-state index contributed by atoms with van der Waals surface area (Å²) in [6, 6.07) is 10.4. The molecule has 8 heteroatoms. The third-order valence-corrected chi connectivity index (χ3v) is 4.30. The normalized spacial score (nSPS) is 12.6. The van der Waals surface area contributed by atoms with Crippen molar-refractivity contribution in [2.45, 2.75) is 12.2 Å². The average Bonchev–Trinajstić information content (AvgIpc) is 3.05. The van der Waals surface area contributed by atoms with Crippen LogP contribution in [-0.2, 0) is 13.2 Å². The van der Waals surface area contributed by atoms with Crippen molar-refractivity contribution in [3.8, 4) is 0 Å². The molecule has 1 heterocycles. The minimum Gasteiger partial charge on any atom is -0.338 e. The van der Waals surface area contributed by atoms with E-state index < -0.39 is 23.7 Å². The van der Waals surface area contributed by atoms with Gasteiger partial charge in [-0.05, 0) is 35.9 Å². The van der Waals surface area contributed by atoms with E-state index in [-0.39, 0.29) is 5.56 Å². The zero-order valence-electron chi connectivity index (χ0n) is 14.2. The van der Waals surface area contributed by atoms with Gasteiger partial charge in [0.1, 0.15) is 11.9 Å². The fourth-order valence-electron chi connectivity index (χ4n) is 2.66. The zero-order chi connectivity index (χ0) is 19.6. The van der Waals surface area contributed by atoms with Crippen LogP contribution in [0.4, 0.5) is 13.2 Å². The number of nitrogens with zero attached hydrogens (tertiary/aromatic N) is 2. The summed E-state index contributed by atoms with van der Waals surface area (Å²) in [5.74, 6) is -0.0956. The molecule has 2 aromatic carbocycles. The molecule has 0 fully saturated rings. The van der Waals surface area contributed by atoms with Crippen LogP contribution in [-0.4, -0.2) is 15.5 Å². The largest absolute Gasteiger partial charge is 0.416 e. The van der Waals surface area contributed by atoms with Crippen LogP contribution in [0.2, 0.25) is 5.02 Å². The SMILES string of the molecule is Cn1ccnc1C(NC(=O)c1cccc(C(F)(F)F)c1)c1ccc(Cl)cc1. The van der Waals surface area contributed by atoms with E-state index in [4.69, 9.17) is 11.6 Å². The molecule has 1 unspecified atom stereocenters. The fraction of sp³-hybridized carbons (Fsp3) is 0.158. The Kier molecular flexibility index (Phi) is 5.23. The number of hydrogen-bond donors (Lipinski definition) is 1. The molecule has 0 saturated carbocycles. The lowest BCUT2D eigenvalue weighted by Gasteiger charge is -2.19. The highest BCUT2D eigenvalue weighted by molar-refractivity contribution is 6.30. The predicted molar refractivity (Wildman–Crippen MR) is 95.4 cm³/mol. The van der Waals surface area contributed by atoms with Crippen LogP contribution in [0.15, 0.2) is 60.9 Å². The number of benzene rings is 2. The van der Waals surface area contributed by atoms with Crippen molar-refractivity contribution in [3.05, 3.63) is 88.5 Å². The molecule has 27 heavy (non-hydrogen) atoms. The number of imidazole rings is 1. The molecule has 0 saturated heterocycles. The Hall–Kier alpha value is -2.80. The molecule has 0 bridgehead atoms. The fourth-order valence-corrected chi connectivity index (χ4v) is 2.78. The number of nitrogens with one attached hydrogen (secondary N) is 1. The molecule has 140 valence electrons. The molecular formula is C19H15ClF3N3O. The van der Waals surface area contributed by atoms with Crippen LogP contribution >= 0.6 is 11.6 Å². The van der Waals surface area contributed by atoms with Crippen molar-refractivity contribution in [1.29, 1.82) is 0 Å². The number of carbonyl (C=O) groups is 1. The molecule has 1 amide bonds. The van der Waals surface area contributed by atoms with Crippen LogP contribution in [0.25, 0.3) is 0 Å². The van der Waals surface area contributed by atoms with Gasteiger partial charge in [0.25, 0.3) is 5.91 Å². The summed E-state index contributed by atoms with van der Waals surface area (Å²) < 4.78 is 40.5. The first kappa shape index (κ1) is 19.0. The van der Waals surface area contributed by atoms with Gasteiger partial charge in [0.15, 0.2) is 0 Å². The Balaban J connectivity index is 1.94. The molecule has 0 aliphatic carbocycles. The summed E-state index contributed by atoms with van der Waals surface area (Å²) in [4.78, 5) is 16.9. The number of aromatic nitrogens is 2. The van der Waals surface area contributed by atoms with E-state index in [1.807, 2.05) is 0 Å². The van der Waals surface area contributed by atoms with Crippen molar-refractivity contribution in [2.24, 2.45) is 7.05 Å². The number of hydrogen-bond acceptors (Lipinski definition) is 2. The monoisotopic (exact) mass is 393 g/mol. The molecule has 0 radical (unpaired) electrons. The molecule has 3 aromatic rings. The van der Waals surface area contributed by atoms with Gasteiger partial charge in [0.2, 0.25) is 0 Å². The van der Waals surface area contributed by atoms with Gasteiger partial charge in [-0.15, -0.1) is 0 Å². The minimum absolute atomic E-state index is 0.0852. The highest BCUT2D eigenvalue weighted by Gasteiger charge is 2.31. The maximum atomic E-state index is 12.9. The van der Waals surface area contributed by atoms with Gasteiger partial charge in [-0.25, -0.2) is 4.98 Å². The minimum atomic E-state index is -4.52. The Labute approximate surface area is 158 Å². The van der Waals surface area contributed by atoms with Gasteiger partial charge in [-0.2, -0.15) is 13.2 Å². The second-order valence-corrected chi connectivity index (χ2v) is 6.37. The van der Waals surface area contributed by atoms with Crippen LogP contribution in [0, 0.1) is 0 Å². The molecule has 1 aromatic heterocycles. The highest BCUT2D eigenvalue weighted by Crippen LogP contribution is 2.30. The second-order valence-electron chi connectivity index (χ2n) is 5.93. The second kappa shape index (κ2) is 7.44. The quantitative estimate of drug-likeness (QED) is 0.703. The molecule has 3 rings (SSSR count). The molecule has 1 atom stereocenters. The van der Waals surface area contributed by atoms with Crippen LogP contribution in [0.3, 0.4) is 0 Å². The Morgan fingerprint density at radius 2 is 1.89 bits per heavy atom. The van der Waals surface area contributed by atoms with E-state index in [9.17, 15) is 18.0 Å². The number of rotatable bonds is 4. The van der Waals surface area contributed by atoms with Gasteiger partial charge in [-0.3, -0.25) is 4.79 Å². The smallest absolute Gasteiger partial charge is 0.338 e. The first-order valence-electron chi connectivity index (χ1n) is 7.96. The first-order valence-corrected chi connectivity index (χ1v) is 8.34. The Morgan fingerprint density at radius 3 is 2.48 bits per heavy atom. The molecule has 1 N–H and O–H groups in total.